The zero-order chi connectivity index (χ0) is 59.3. The van der Waals surface area contributed by atoms with Gasteiger partial charge in [-0.25, -0.2) is 9.59 Å². The van der Waals surface area contributed by atoms with E-state index in [0.717, 1.165) is 22.3 Å². The number of carbonyl (C=O) groups is 8. The Morgan fingerprint density at radius 3 is 1.68 bits per heavy atom. The van der Waals surface area contributed by atoms with Gasteiger partial charge >= 0.3 is 12.1 Å². The Labute approximate surface area is 479 Å². The molecule has 0 saturated carbocycles. The van der Waals surface area contributed by atoms with Crippen LogP contribution in [0.2, 0.25) is 0 Å². The van der Waals surface area contributed by atoms with E-state index in [1.54, 1.807) is 32.9 Å². The topological polar surface area (TPSA) is 231 Å². The molecule has 2 fully saturated rings. The van der Waals surface area contributed by atoms with Crippen molar-refractivity contribution < 1.29 is 52.6 Å². The van der Waals surface area contributed by atoms with E-state index in [2.05, 4.69) is 26.6 Å². The first-order valence-corrected chi connectivity index (χ1v) is 29.1. The number of esters is 1. The molecule has 7 amide bonds. The van der Waals surface area contributed by atoms with Crippen LogP contribution in [0, 0.1) is 17.8 Å². The summed E-state index contributed by atoms with van der Waals surface area (Å²) in [6, 6.07) is 17.4. The summed E-state index contributed by atoms with van der Waals surface area (Å²) in [5.74, 6) is -4.98. The number of rotatable bonds is 24. The number of hydrogen-bond acceptors (Lipinski definition) is 11. The van der Waals surface area contributed by atoms with Crippen LogP contribution in [0.5, 0.6) is 0 Å². The van der Waals surface area contributed by atoms with Crippen LogP contribution < -0.4 is 26.6 Å². The molecular formula is C63H89N7O11. The Bertz CT molecular complexity index is 2640. The molecule has 2 saturated heterocycles. The first kappa shape index (κ1) is 63.4. The zero-order valence-electron chi connectivity index (χ0n) is 49.7. The summed E-state index contributed by atoms with van der Waals surface area (Å²) in [4.78, 5) is 117. The van der Waals surface area contributed by atoms with Gasteiger partial charge < -0.3 is 50.6 Å². The maximum atomic E-state index is 14.9. The smallest absolute Gasteiger partial charge is 0.407 e. The Hall–Kier alpha value is -6.82. The van der Waals surface area contributed by atoms with Gasteiger partial charge in [-0.1, -0.05) is 133 Å². The fourth-order valence-corrected chi connectivity index (χ4v) is 10.8. The van der Waals surface area contributed by atoms with Gasteiger partial charge in [0, 0.05) is 25.4 Å². The Balaban J connectivity index is 1.18. The molecule has 0 unspecified atom stereocenters. The lowest BCUT2D eigenvalue weighted by Gasteiger charge is -2.34. The summed E-state index contributed by atoms with van der Waals surface area (Å²) in [6.07, 6.45) is 2.26. The third kappa shape index (κ3) is 17.1. The fourth-order valence-electron chi connectivity index (χ4n) is 10.8. The number of nitrogens with zero attached hydrogens (tertiary/aromatic N) is 2. The molecule has 18 nitrogen and oxygen atoms in total. The molecule has 1 aliphatic carbocycles. The van der Waals surface area contributed by atoms with Gasteiger partial charge in [0.05, 0.1) is 12.2 Å². The van der Waals surface area contributed by atoms with Crippen molar-refractivity contribution in [2.45, 2.75) is 194 Å². The molecule has 2 heterocycles. The molecule has 6 rings (SSSR count). The Kier molecular flexibility index (Phi) is 22.1. The molecule has 5 N–H and O–H groups in total. The average molecular weight is 1120 g/mol. The minimum Gasteiger partial charge on any atom is -0.458 e. The van der Waals surface area contributed by atoms with Crippen LogP contribution in [-0.2, 0) is 54.2 Å². The van der Waals surface area contributed by atoms with Gasteiger partial charge in [-0.15, -0.1) is 0 Å². The molecule has 0 radical (unpaired) electrons. The molecule has 9 atom stereocenters. The van der Waals surface area contributed by atoms with E-state index in [9.17, 15) is 38.4 Å². The maximum absolute atomic E-state index is 14.9. The van der Waals surface area contributed by atoms with Crippen LogP contribution in [0.25, 0.3) is 11.1 Å². The number of benzene rings is 3. The van der Waals surface area contributed by atoms with Gasteiger partial charge in [-0.05, 0) is 119 Å². The Morgan fingerprint density at radius 2 is 1.11 bits per heavy atom. The van der Waals surface area contributed by atoms with E-state index in [0.29, 0.717) is 50.6 Å². The van der Waals surface area contributed by atoms with Crippen LogP contribution in [0.4, 0.5) is 4.79 Å². The lowest BCUT2D eigenvalue weighted by molar-refractivity contribution is -0.164. The lowest BCUT2D eigenvalue weighted by atomic mass is 9.96. The van der Waals surface area contributed by atoms with Crippen LogP contribution in [0.3, 0.4) is 0 Å². The van der Waals surface area contributed by atoms with Gasteiger partial charge in [0.1, 0.15) is 54.5 Å². The van der Waals surface area contributed by atoms with E-state index < -0.39 is 107 Å². The molecule has 81 heavy (non-hydrogen) atoms. The van der Waals surface area contributed by atoms with Crippen LogP contribution in [-0.4, -0.2) is 137 Å². The molecule has 3 aliphatic rings. The summed E-state index contributed by atoms with van der Waals surface area (Å²) in [5, 5.41) is 14.4. The van der Waals surface area contributed by atoms with Crippen molar-refractivity contribution in [1.29, 1.82) is 0 Å². The van der Waals surface area contributed by atoms with Crippen LogP contribution >= 0.6 is 0 Å². The lowest BCUT2D eigenvalue weighted by Crippen LogP contribution is -2.62. The minimum absolute atomic E-state index is 0.00547. The largest absolute Gasteiger partial charge is 0.458 e. The molecule has 442 valence electrons. The van der Waals surface area contributed by atoms with Gasteiger partial charge in [0.25, 0.3) is 0 Å². The Morgan fingerprint density at radius 1 is 0.580 bits per heavy atom. The monoisotopic (exact) mass is 1120 g/mol. The minimum atomic E-state index is -1.32. The van der Waals surface area contributed by atoms with E-state index in [1.165, 1.54) is 9.80 Å². The quantitative estimate of drug-likeness (QED) is 0.0557. The summed E-state index contributed by atoms with van der Waals surface area (Å²) < 4.78 is 17.7. The van der Waals surface area contributed by atoms with Crippen molar-refractivity contribution in [2.24, 2.45) is 17.8 Å². The fraction of sp³-hybridized carbons (Fsp3) is 0.587. The number of hydrogen-bond donors (Lipinski definition) is 5. The van der Waals surface area contributed by atoms with Crippen LogP contribution in [0.1, 0.15) is 151 Å². The molecule has 3 aromatic rings. The van der Waals surface area contributed by atoms with E-state index in [-0.39, 0.29) is 50.4 Å². The number of fused-ring (bicyclic) bond motifs is 3. The zero-order valence-corrected chi connectivity index (χ0v) is 49.7. The van der Waals surface area contributed by atoms with Crippen molar-refractivity contribution in [3.8, 4) is 11.1 Å². The maximum Gasteiger partial charge on any atom is 0.407 e. The normalized spacial score (nSPS) is 18.7. The van der Waals surface area contributed by atoms with Crippen molar-refractivity contribution in [1.82, 2.24) is 36.4 Å². The predicted octanol–water partition coefficient (Wildman–Crippen LogP) is 7.35. The summed E-state index contributed by atoms with van der Waals surface area (Å²) >= 11 is 0. The molecule has 2 aliphatic heterocycles. The second kappa shape index (κ2) is 28.2. The number of carbonyl (C=O) groups excluding carboxylic acids is 8. The third-order valence-corrected chi connectivity index (χ3v) is 15.5. The average Bonchev–Trinajstić information content (AvgIpc) is 4.41. The van der Waals surface area contributed by atoms with Gasteiger partial charge in [-0.2, -0.15) is 0 Å². The van der Waals surface area contributed by atoms with E-state index >= 15 is 0 Å². The third-order valence-electron chi connectivity index (χ3n) is 15.5. The molecule has 18 heteroatoms. The van der Waals surface area contributed by atoms with Crippen molar-refractivity contribution >= 4 is 47.5 Å². The molecule has 0 aromatic heterocycles. The van der Waals surface area contributed by atoms with E-state index in [1.807, 2.05) is 129 Å². The SMILES string of the molecule is CC[C@H](C)[C@H](NC(=O)[C@H](CC(C)C)NC(=O)OCC1c2ccccc2-c2ccccc21)C(=O)N[C@@H](Cc1ccccc1)C(=O)N[C@@H](COC(C)(C)C)C(=O)N1CCC[C@H]1C(=O)N[C@H](C(=O)N1CCC[C@H]1C(=O)OC(C)(C)C)[C@@H](C)CC. The van der Waals surface area contributed by atoms with Crippen molar-refractivity contribution in [3.05, 3.63) is 95.6 Å². The highest BCUT2D eigenvalue weighted by Gasteiger charge is 2.45. The van der Waals surface area contributed by atoms with Crippen LogP contribution in [0.15, 0.2) is 78.9 Å². The number of likely N-dealkylation sites (tertiary alicyclic amines) is 2. The van der Waals surface area contributed by atoms with Crippen molar-refractivity contribution in [2.75, 3.05) is 26.3 Å². The second-order valence-electron chi connectivity index (χ2n) is 24.5. The number of alkyl carbamates (subject to hydrolysis) is 1. The summed E-state index contributed by atoms with van der Waals surface area (Å²) in [5.41, 5.74) is 3.44. The standard InChI is InChI=1S/C63H89N7O11/c1-13-39(5)52(67-55(72)47(34-38(3)4)66-61(78)79-36-46-44-28-20-18-26-42(44)43-27-19-21-29-45(43)46)57(74)64-48(35-41-24-16-15-17-25-41)54(71)65-49(37-80-62(7,8)9)58(75)69-32-22-30-50(69)56(73)68-53(40(6)14-2)59(76)70-33-23-31-51(70)60(77)81-63(10,11)12/h15-21,24-29,38-40,46-53H,13-14,22-23,30-37H2,1-12H3,(H,64,74)(H,65,71)(H,66,78)(H,67,72)(H,68,73)/t39-,40-,47-,48-,49-,50-,51-,52-,53-/m0/s1. The number of nitrogens with one attached hydrogen (secondary N) is 5. The molecule has 0 spiro atoms. The van der Waals surface area contributed by atoms with Gasteiger partial charge in [0.2, 0.25) is 35.4 Å². The predicted molar refractivity (Wildman–Crippen MR) is 309 cm³/mol. The summed E-state index contributed by atoms with van der Waals surface area (Å²) in [6.45, 7) is 22.3. The first-order chi connectivity index (χ1) is 38.3. The second-order valence-corrected chi connectivity index (χ2v) is 24.5. The highest BCUT2D eigenvalue weighted by atomic mass is 16.6. The van der Waals surface area contributed by atoms with Crippen molar-refractivity contribution in [3.63, 3.8) is 0 Å². The highest BCUT2D eigenvalue weighted by Crippen LogP contribution is 2.44. The number of amides is 7. The first-order valence-electron chi connectivity index (χ1n) is 29.1. The number of ether oxygens (including phenoxy) is 3. The van der Waals surface area contributed by atoms with E-state index in [4.69, 9.17) is 14.2 Å². The molecular weight excluding hydrogens is 1030 g/mol. The van der Waals surface area contributed by atoms with Gasteiger partial charge in [-0.3, -0.25) is 28.8 Å². The molecule has 0 bridgehead atoms. The summed E-state index contributed by atoms with van der Waals surface area (Å²) in [7, 11) is 0. The molecule has 3 aromatic carbocycles. The highest BCUT2D eigenvalue weighted by molar-refractivity contribution is 5.98. The van der Waals surface area contributed by atoms with Gasteiger partial charge in [0.15, 0.2) is 0 Å².